The Labute approximate surface area is 72.5 Å². The highest BCUT2D eigenvalue weighted by atomic mass is 28.4. The lowest BCUT2D eigenvalue weighted by molar-refractivity contribution is -0.143. The van der Waals surface area contributed by atoms with Crippen molar-refractivity contribution in [2.24, 2.45) is 0 Å². The molecule has 1 aliphatic heterocycles. The van der Waals surface area contributed by atoms with Crippen molar-refractivity contribution >= 4 is 14.3 Å². The molecule has 0 radical (unpaired) electrons. The van der Waals surface area contributed by atoms with E-state index < -0.39 is 20.4 Å². The van der Waals surface area contributed by atoms with Crippen LogP contribution in [0.1, 0.15) is 6.92 Å². The van der Waals surface area contributed by atoms with Crippen molar-refractivity contribution in [1.82, 2.24) is 0 Å². The van der Waals surface area contributed by atoms with Crippen LogP contribution in [-0.2, 0) is 9.22 Å². The van der Waals surface area contributed by atoms with E-state index in [2.05, 4.69) is 0 Å². The number of aliphatic hydroxyl groups is 1. The van der Waals surface area contributed by atoms with Gasteiger partial charge in [-0.15, -0.1) is 0 Å². The molecule has 1 N–H and O–H groups in total. The Hall–Kier alpha value is -0.873. The minimum absolute atomic E-state index is 0.541. The topological polar surface area (TPSA) is 46.5 Å². The Bertz CT molecular complexity index is 231. The van der Waals surface area contributed by atoms with Crippen LogP contribution in [0.3, 0.4) is 0 Å². The zero-order valence-electron chi connectivity index (χ0n) is 7.15. The van der Waals surface area contributed by atoms with Gasteiger partial charge >= 0.3 is 14.3 Å². The molecule has 66 valence electrons. The van der Waals surface area contributed by atoms with Gasteiger partial charge in [-0.05, 0) is 13.5 Å². The summed E-state index contributed by atoms with van der Waals surface area (Å²) in [6.07, 6.45) is 2.69. The van der Waals surface area contributed by atoms with Gasteiger partial charge in [-0.25, -0.2) is 0 Å². The molecule has 0 aromatic heterocycles. The van der Waals surface area contributed by atoms with Crippen molar-refractivity contribution < 1.29 is 14.3 Å². The number of carbonyl (C=O) groups is 1. The summed E-state index contributed by atoms with van der Waals surface area (Å²) in [4.78, 5) is 11.0. The molecule has 1 atom stereocenters. The number of rotatable bonds is 2. The molecule has 0 aliphatic carbocycles. The monoisotopic (exact) mass is 184 g/mol. The van der Waals surface area contributed by atoms with Crippen molar-refractivity contribution in [1.29, 1.82) is 0 Å². The molecule has 0 saturated heterocycles. The Balaban J connectivity index is 2.57. The highest BCUT2D eigenvalue weighted by Gasteiger charge is 2.30. The van der Waals surface area contributed by atoms with E-state index in [-0.39, 0.29) is 0 Å². The van der Waals surface area contributed by atoms with E-state index in [1.807, 2.05) is 30.1 Å². The Morgan fingerprint density at radius 2 is 2.00 bits per heavy atom. The maximum atomic E-state index is 11.0. The van der Waals surface area contributed by atoms with Gasteiger partial charge in [0.1, 0.15) is 6.10 Å². The van der Waals surface area contributed by atoms with Gasteiger partial charge in [-0.1, -0.05) is 23.6 Å². The van der Waals surface area contributed by atoms with Gasteiger partial charge in [0.25, 0.3) is 0 Å². The van der Waals surface area contributed by atoms with Crippen LogP contribution in [0.2, 0.25) is 6.55 Å². The second kappa shape index (κ2) is 3.24. The molecule has 0 amide bonds. The van der Waals surface area contributed by atoms with Gasteiger partial charge in [-0.3, -0.25) is 4.79 Å². The fraction of sp³-hybridized carbons (Fsp3) is 0.375. The summed E-state index contributed by atoms with van der Waals surface area (Å²) in [5, 5.41) is 8.90. The van der Waals surface area contributed by atoms with Crippen LogP contribution in [0.25, 0.3) is 0 Å². The third kappa shape index (κ3) is 2.06. The van der Waals surface area contributed by atoms with Crippen LogP contribution in [0.15, 0.2) is 23.6 Å². The lowest BCUT2D eigenvalue weighted by atomic mass is 10.4. The molecule has 0 bridgehead atoms. The summed E-state index contributed by atoms with van der Waals surface area (Å²) in [5.41, 5.74) is 3.79. The molecule has 12 heavy (non-hydrogen) atoms. The number of allylic oxidation sites excluding steroid dienone is 2. The zero-order valence-corrected chi connectivity index (χ0v) is 8.15. The highest BCUT2D eigenvalue weighted by molar-refractivity contribution is 6.84. The SMILES string of the molecule is CC(O)C(=O)O[Si]1(C)C=CC=C1. The summed E-state index contributed by atoms with van der Waals surface area (Å²) >= 11 is 0. The van der Waals surface area contributed by atoms with E-state index >= 15 is 0 Å². The molecule has 1 rings (SSSR count). The molecule has 4 heteroatoms. The molecule has 0 fully saturated rings. The summed E-state index contributed by atoms with van der Waals surface area (Å²) in [6, 6.07) is 0. The number of hydrogen-bond acceptors (Lipinski definition) is 3. The molecule has 0 saturated carbocycles. The van der Waals surface area contributed by atoms with Crippen LogP contribution in [0, 0.1) is 0 Å². The number of carbonyl (C=O) groups excluding carboxylic acids is 1. The molecule has 1 heterocycles. The van der Waals surface area contributed by atoms with E-state index in [1.165, 1.54) is 6.92 Å². The van der Waals surface area contributed by atoms with Gasteiger partial charge in [0.05, 0.1) is 0 Å². The summed E-state index contributed by atoms with van der Waals surface area (Å²) in [5.74, 6) is -0.541. The first-order valence-electron chi connectivity index (χ1n) is 3.81. The summed E-state index contributed by atoms with van der Waals surface area (Å²) in [7, 11) is -2.08. The van der Waals surface area contributed by atoms with Crippen LogP contribution in [-0.4, -0.2) is 25.5 Å². The fourth-order valence-electron chi connectivity index (χ4n) is 0.919. The minimum atomic E-state index is -2.08. The predicted molar refractivity (Wildman–Crippen MR) is 47.7 cm³/mol. The van der Waals surface area contributed by atoms with Gasteiger partial charge in [0.15, 0.2) is 0 Å². The standard InChI is InChI=1S/C8H12O3Si/c1-7(9)8(10)11-12(2)5-3-4-6-12/h3-7,9H,1-2H3. The van der Waals surface area contributed by atoms with Gasteiger partial charge < -0.3 is 9.53 Å². The van der Waals surface area contributed by atoms with E-state index in [9.17, 15) is 4.79 Å². The van der Waals surface area contributed by atoms with Crippen LogP contribution in [0.5, 0.6) is 0 Å². The van der Waals surface area contributed by atoms with Gasteiger partial charge in [0, 0.05) is 0 Å². The van der Waals surface area contributed by atoms with Crippen LogP contribution < -0.4 is 0 Å². The quantitative estimate of drug-likeness (QED) is 0.642. The maximum absolute atomic E-state index is 11.0. The molecular weight excluding hydrogens is 172 g/mol. The van der Waals surface area contributed by atoms with Gasteiger partial charge in [0.2, 0.25) is 0 Å². The smallest absolute Gasteiger partial charge is 0.321 e. The molecule has 1 unspecified atom stereocenters. The van der Waals surface area contributed by atoms with E-state index in [0.717, 1.165) is 0 Å². The fourth-order valence-corrected chi connectivity index (χ4v) is 2.76. The summed E-state index contributed by atoms with van der Waals surface area (Å²) in [6.45, 7) is 3.30. The first kappa shape index (κ1) is 9.22. The third-order valence-electron chi connectivity index (χ3n) is 1.63. The van der Waals surface area contributed by atoms with Crippen molar-refractivity contribution in [2.75, 3.05) is 0 Å². The molecule has 0 spiro atoms. The number of aliphatic hydroxyl groups excluding tert-OH is 1. The second-order valence-corrected chi connectivity index (χ2v) is 6.24. The Kier molecular flexibility index (Phi) is 2.49. The first-order chi connectivity index (χ1) is 5.53. The van der Waals surface area contributed by atoms with Crippen LogP contribution in [0.4, 0.5) is 0 Å². The first-order valence-corrected chi connectivity index (χ1v) is 6.38. The van der Waals surface area contributed by atoms with E-state index in [0.29, 0.717) is 0 Å². The number of hydrogen-bond donors (Lipinski definition) is 1. The van der Waals surface area contributed by atoms with Crippen molar-refractivity contribution in [2.45, 2.75) is 19.6 Å². The summed E-state index contributed by atoms with van der Waals surface area (Å²) < 4.78 is 5.14. The lowest BCUT2D eigenvalue weighted by Gasteiger charge is -2.18. The van der Waals surface area contributed by atoms with E-state index in [1.54, 1.807) is 0 Å². The highest BCUT2D eigenvalue weighted by Crippen LogP contribution is 2.15. The van der Waals surface area contributed by atoms with Crippen molar-refractivity contribution in [3.05, 3.63) is 23.6 Å². The molecule has 3 nitrogen and oxygen atoms in total. The Morgan fingerprint density at radius 3 is 2.42 bits per heavy atom. The predicted octanol–water partition coefficient (Wildman–Crippen LogP) is 0.690. The average molecular weight is 184 g/mol. The third-order valence-corrected chi connectivity index (χ3v) is 3.98. The largest absolute Gasteiger partial charge is 0.510 e. The Morgan fingerprint density at radius 1 is 1.50 bits per heavy atom. The van der Waals surface area contributed by atoms with E-state index in [4.69, 9.17) is 9.53 Å². The normalized spacial score (nSPS) is 20.9. The minimum Gasteiger partial charge on any atom is -0.510 e. The average Bonchev–Trinajstić information content (AvgIpc) is 2.35. The lowest BCUT2D eigenvalue weighted by Crippen LogP contribution is -2.36. The molecule has 0 aromatic carbocycles. The second-order valence-electron chi connectivity index (χ2n) is 3.00. The molecular formula is C8H12O3Si. The zero-order chi connectivity index (χ0) is 9.19. The molecule has 0 aromatic rings. The van der Waals surface area contributed by atoms with Gasteiger partial charge in [-0.2, -0.15) is 0 Å². The van der Waals surface area contributed by atoms with Crippen molar-refractivity contribution in [3.8, 4) is 0 Å². The van der Waals surface area contributed by atoms with Crippen LogP contribution >= 0.6 is 0 Å². The maximum Gasteiger partial charge on any atom is 0.321 e. The van der Waals surface area contributed by atoms with Crippen molar-refractivity contribution in [3.63, 3.8) is 0 Å². The molecule has 1 aliphatic rings.